The second-order valence-electron chi connectivity index (χ2n) is 26.9. The number of hydrogen-bond donors (Lipinski definition) is 1. The van der Waals surface area contributed by atoms with E-state index in [9.17, 15) is 19.5 Å². The molecule has 9 nitrogen and oxygen atoms in total. The van der Waals surface area contributed by atoms with Crippen molar-refractivity contribution in [1.29, 1.82) is 0 Å². The molecule has 92 heavy (non-hydrogen) atoms. The van der Waals surface area contributed by atoms with Gasteiger partial charge < -0.3 is 28.5 Å². The largest absolute Gasteiger partial charge is 0.477 e. The first kappa shape index (κ1) is 88.0. The Morgan fingerprint density at radius 2 is 0.620 bits per heavy atom. The first-order chi connectivity index (χ1) is 45.1. The summed E-state index contributed by atoms with van der Waals surface area (Å²) in [5.74, 6) is -2.00. The van der Waals surface area contributed by atoms with Gasteiger partial charge in [0.05, 0.1) is 34.4 Å². The number of hydrogen-bond acceptors (Lipinski definition) is 7. The van der Waals surface area contributed by atoms with Crippen LogP contribution in [0.15, 0.2) is 109 Å². The van der Waals surface area contributed by atoms with Gasteiger partial charge in [0.2, 0.25) is 0 Å². The number of nitrogens with zero attached hydrogens (tertiary/aromatic N) is 1. The van der Waals surface area contributed by atoms with Crippen LogP contribution in [0.1, 0.15) is 341 Å². The van der Waals surface area contributed by atoms with E-state index in [0.717, 1.165) is 103 Å². The SMILES string of the molecule is CC/C=C\C/C=C\C/C=C\C/C=C\C/C=C\C/C=C\C/C=C\C/C=C\C/C=C\CCCCCCCCCCCC(=O)OC(COC(=O)CCCCCCCCCCCCCCCCCCCCCCCCCCCCCCCC)COC(OCC[N+](C)(C)C)C(=O)O. The highest BCUT2D eigenvalue weighted by Crippen LogP contribution is 2.19. The molecule has 9 heteroatoms. The quantitative estimate of drug-likeness (QED) is 0.0211. The van der Waals surface area contributed by atoms with Crippen molar-refractivity contribution < 1.29 is 42.9 Å². The number of carboxylic acid groups (broad SMARTS) is 1. The van der Waals surface area contributed by atoms with Gasteiger partial charge in [0.15, 0.2) is 6.10 Å². The van der Waals surface area contributed by atoms with E-state index in [4.69, 9.17) is 18.9 Å². The average Bonchev–Trinajstić information content (AvgIpc) is 3.75. The number of allylic oxidation sites excluding steroid dienone is 18. The van der Waals surface area contributed by atoms with E-state index in [0.29, 0.717) is 23.9 Å². The number of likely N-dealkylation sites (N-methyl/N-ethyl adjacent to an activating group) is 1. The normalized spacial score (nSPS) is 13.3. The molecule has 0 radical (unpaired) electrons. The Morgan fingerprint density at radius 3 is 0.924 bits per heavy atom. The van der Waals surface area contributed by atoms with Crippen LogP contribution < -0.4 is 0 Å². The van der Waals surface area contributed by atoms with Crippen molar-refractivity contribution in [2.24, 2.45) is 0 Å². The second-order valence-corrected chi connectivity index (χ2v) is 26.9. The molecule has 0 bridgehead atoms. The number of carboxylic acids is 1. The number of quaternary nitrogens is 1. The van der Waals surface area contributed by atoms with Crippen molar-refractivity contribution in [3.63, 3.8) is 0 Å². The molecule has 0 rings (SSSR count). The summed E-state index contributed by atoms with van der Waals surface area (Å²) in [6.07, 6.45) is 99.4. The minimum atomic E-state index is -1.52. The van der Waals surface area contributed by atoms with Crippen LogP contribution in [0.3, 0.4) is 0 Å². The van der Waals surface area contributed by atoms with Gasteiger partial charge in [-0.25, -0.2) is 4.79 Å². The molecule has 0 aliphatic heterocycles. The molecule has 0 amide bonds. The van der Waals surface area contributed by atoms with Crippen LogP contribution in [0, 0.1) is 0 Å². The Balaban J connectivity index is 4.10. The van der Waals surface area contributed by atoms with E-state index in [1.54, 1.807) is 0 Å². The fraction of sp³-hybridized carbons (Fsp3) is 0.747. The maximum Gasteiger partial charge on any atom is 0.361 e. The van der Waals surface area contributed by atoms with E-state index in [-0.39, 0.29) is 32.2 Å². The van der Waals surface area contributed by atoms with Crippen LogP contribution in [-0.4, -0.2) is 87.4 Å². The zero-order valence-corrected chi connectivity index (χ0v) is 60.7. The Kier molecular flexibility index (Phi) is 69.6. The van der Waals surface area contributed by atoms with E-state index < -0.39 is 24.3 Å². The van der Waals surface area contributed by atoms with Crippen molar-refractivity contribution in [3.8, 4) is 0 Å². The smallest absolute Gasteiger partial charge is 0.361 e. The molecular weight excluding hydrogens is 1140 g/mol. The molecule has 2 atom stereocenters. The highest BCUT2D eigenvalue weighted by Gasteiger charge is 2.25. The summed E-state index contributed by atoms with van der Waals surface area (Å²) >= 11 is 0. The van der Waals surface area contributed by atoms with Gasteiger partial charge in [0.1, 0.15) is 13.2 Å². The minimum absolute atomic E-state index is 0.184. The lowest BCUT2D eigenvalue weighted by atomic mass is 10.0. The molecule has 0 spiro atoms. The summed E-state index contributed by atoms with van der Waals surface area (Å²) in [4.78, 5) is 37.7. The number of rotatable bonds is 71. The molecule has 530 valence electrons. The van der Waals surface area contributed by atoms with Crippen molar-refractivity contribution in [2.75, 3.05) is 47.5 Å². The van der Waals surface area contributed by atoms with Gasteiger partial charge in [-0.3, -0.25) is 9.59 Å². The first-order valence-corrected chi connectivity index (χ1v) is 38.6. The standard InChI is InChI=1S/C83H145NO8/c1-6-8-10-12-14-16-18-20-22-24-26-28-30-32-34-36-38-39-40-41-42-43-44-46-48-50-52-54-56-58-60-62-64-66-68-70-72-74-81(86)92-79(78-91-83(82(87)88)89-76-75-84(3,4)5)77-90-80(85)73-71-69-67-65-63-61-59-57-55-53-51-49-47-45-37-35-33-31-29-27-25-23-21-19-17-15-13-11-9-7-2/h8,10,14,16,20,22,26,28,32,34,38-39,41-42,44,46,50,52,79,83H,6-7,9,11-13,15,17-19,21,23-25,27,29-31,33,35-37,40,43,45,47-49,51,53-78H2,1-5H3/p+1/b10-8-,16-14-,22-20-,28-26-,34-32-,39-38-,42-41-,46-44-,52-50-. The van der Waals surface area contributed by atoms with E-state index in [2.05, 4.69) is 123 Å². The van der Waals surface area contributed by atoms with E-state index in [1.807, 2.05) is 21.1 Å². The maximum absolute atomic E-state index is 13.0. The third kappa shape index (κ3) is 73.4. The highest BCUT2D eigenvalue weighted by atomic mass is 16.7. The first-order valence-electron chi connectivity index (χ1n) is 38.6. The summed E-state index contributed by atoms with van der Waals surface area (Å²) in [6.45, 7) is 4.80. The summed E-state index contributed by atoms with van der Waals surface area (Å²) in [5, 5.41) is 9.77. The van der Waals surface area contributed by atoms with Gasteiger partial charge in [-0.15, -0.1) is 0 Å². The lowest BCUT2D eigenvalue weighted by Gasteiger charge is -2.25. The van der Waals surface area contributed by atoms with Crippen LogP contribution in [0.5, 0.6) is 0 Å². The Hall–Kier alpha value is -4.05. The van der Waals surface area contributed by atoms with Crippen molar-refractivity contribution >= 4 is 17.9 Å². The van der Waals surface area contributed by atoms with Crippen LogP contribution in [-0.2, 0) is 33.3 Å². The third-order valence-electron chi connectivity index (χ3n) is 16.8. The molecule has 1 N–H and O–H groups in total. The van der Waals surface area contributed by atoms with Gasteiger partial charge in [-0.05, 0) is 83.5 Å². The average molecular weight is 1290 g/mol. The summed E-state index contributed by atoms with van der Waals surface area (Å²) < 4.78 is 23.0. The molecule has 0 saturated carbocycles. The van der Waals surface area contributed by atoms with Gasteiger partial charge >= 0.3 is 17.9 Å². The summed E-state index contributed by atoms with van der Waals surface area (Å²) in [6, 6.07) is 0. The minimum Gasteiger partial charge on any atom is -0.477 e. The fourth-order valence-electron chi connectivity index (χ4n) is 11.0. The third-order valence-corrected chi connectivity index (χ3v) is 16.8. The van der Waals surface area contributed by atoms with Crippen LogP contribution in [0.25, 0.3) is 0 Å². The zero-order chi connectivity index (χ0) is 66.8. The number of esters is 2. The maximum atomic E-state index is 13.0. The lowest BCUT2D eigenvalue weighted by molar-refractivity contribution is -0.870. The van der Waals surface area contributed by atoms with Crippen molar-refractivity contribution in [2.45, 2.75) is 354 Å². The number of aliphatic carboxylic acids is 1. The molecule has 0 aromatic rings. The number of carbonyl (C=O) groups excluding carboxylic acids is 2. The van der Waals surface area contributed by atoms with Gasteiger partial charge in [-0.2, -0.15) is 0 Å². The van der Waals surface area contributed by atoms with Gasteiger partial charge in [-0.1, -0.05) is 354 Å². The Bertz CT molecular complexity index is 1880. The Labute approximate surface area is 568 Å². The topological polar surface area (TPSA) is 108 Å². The van der Waals surface area contributed by atoms with Crippen LogP contribution >= 0.6 is 0 Å². The van der Waals surface area contributed by atoms with Crippen molar-refractivity contribution in [1.82, 2.24) is 0 Å². The van der Waals surface area contributed by atoms with Crippen molar-refractivity contribution in [3.05, 3.63) is 109 Å². The Morgan fingerprint density at radius 1 is 0.337 bits per heavy atom. The second kappa shape index (κ2) is 72.8. The molecule has 0 aromatic carbocycles. The molecule has 0 aromatic heterocycles. The molecule has 0 fully saturated rings. The molecule has 0 aliphatic carbocycles. The van der Waals surface area contributed by atoms with Crippen LogP contribution in [0.2, 0.25) is 0 Å². The van der Waals surface area contributed by atoms with E-state index >= 15 is 0 Å². The zero-order valence-electron chi connectivity index (χ0n) is 60.7. The molecule has 0 aliphatic rings. The number of ether oxygens (including phenoxy) is 4. The fourth-order valence-corrected chi connectivity index (χ4v) is 11.0. The molecular formula is C83H146NO8+. The predicted molar refractivity (Wildman–Crippen MR) is 396 cm³/mol. The highest BCUT2D eigenvalue weighted by molar-refractivity contribution is 5.71. The molecule has 0 saturated heterocycles. The van der Waals surface area contributed by atoms with Gasteiger partial charge in [0.25, 0.3) is 6.29 Å². The van der Waals surface area contributed by atoms with E-state index in [1.165, 1.54) is 205 Å². The lowest BCUT2D eigenvalue weighted by Crippen LogP contribution is -2.40. The van der Waals surface area contributed by atoms with Crippen LogP contribution in [0.4, 0.5) is 0 Å². The summed E-state index contributed by atoms with van der Waals surface area (Å²) in [5.41, 5.74) is 0. The number of carbonyl (C=O) groups is 3. The van der Waals surface area contributed by atoms with Gasteiger partial charge in [0, 0.05) is 12.8 Å². The summed E-state index contributed by atoms with van der Waals surface area (Å²) in [7, 11) is 5.98. The number of unbranched alkanes of at least 4 members (excludes halogenated alkanes) is 38. The monoisotopic (exact) mass is 1290 g/mol. The predicted octanol–water partition coefficient (Wildman–Crippen LogP) is 24.5. The molecule has 0 heterocycles. The molecule has 2 unspecified atom stereocenters.